The second-order valence-corrected chi connectivity index (χ2v) is 9.57. The molecule has 14 heavy (non-hydrogen) atoms. The lowest BCUT2D eigenvalue weighted by atomic mass is 10.2. The zero-order chi connectivity index (χ0) is 10.8. The van der Waals surface area contributed by atoms with E-state index in [1.807, 2.05) is 12.1 Å². The number of halogens is 1. The van der Waals surface area contributed by atoms with Gasteiger partial charge in [0.25, 0.3) is 0 Å². The van der Waals surface area contributed by atoms with Gasteiger partial charge in [-0.05, 0) is 6.07 Å². The van der Waals surface area contributed by atoms with Crippen molar-refractivity contribution in [3.8, 4) is 0 Å². The second-order valence-electron chi connectivity index (χ2n) is 4.49. The smallest absolute Gasteiger partial charge is 0.128 e. The summed E-state index contributed by atoms with van der Waals surface area (Å²) < 4.78 is 18.4. The van der Waals surface area contributed by atoms with E-state index in [0.29, 0.717) is 12.2 Å². The first-order valence-electron chi connectivity index (χ1n) is 4.73. The normalized spacial score (nSPS) is 11.8. The quantitative estimate of drug-likeness (QED) is 0.700. The summed E-state index contributed by atoms with van der Waals surface area (Å²) in [6.07, 6.45) is 0. The van der Waals surface area contributed by atoms with Crippen LogP contribution in [0.4, 0.5) is 4.39 Å². The summed E-state index contributed by atoms with van der Waals surface area (Å²) in [5.74, 6) is -0.147. The molecule has 0 N–H and O–H groups in total. The maximum atomic E-state index is 13.5. The van der Waals surface area contributed by atoms with E-state index in [0.717, 1.165) is 5.19 Å². The molecule has 0 amide bonds. The zero-order valence-corrected chi connectivity index (χ0v) is 10.2. The molecule has 0 aliphatic carbocycles. The Bertz CT molecular complexity index is 318. The van der Waals surface area contributed by atoms with Gasteiger partial charge in [-0.2, -0.15) is 0 Å². The molecule has 0 aliphatic rings. The van der Waals surface area contributed by atoms with Crippen molar-refractivity contribution in [2.75, 3.05) is 7.11 Å². The summed E-state index contributed by atoms with van der Waals surface area (Å²) in [6.45, 7) is 6.96. The van der Waals surface area contributed by atoms with Gasteiger partial charge < -0.3 is 4.74 Å². The molecule has 0 fully saturated rings. The second kappa shape index (κ2) is 4.23. The van der Waals surface area contributed by atoms with Crippen LogP contribution in [-0.4, -0.2) is 15.2 Å². The van der Waals surface area contributed by atoms with Gasteiger partial charge in [-0.25, -0.2) is 4.39 Å². The fourth-order valence-corrected chi connectivity index (χ4v) is 2.43. The number of hydrogen-bond acceptors (Lipinski definition) is 1. The molecule has 1 aromatic rings. The lowest BCUT2D eigenvalue weighted by Gasteiger charge is -2.17. The first-order chi connectivity index (χ1) is 6.45. The van der Waals surface area contributed by atoms with Crippen molar-refractivity contribution in [3.05, 3.63) is 29.6 Å². The largest absolute Gasteiger partial charge is 0.380 e. The summed E-state index contributed by atoms with van der Waals surface area (Å²) in [5, 5.41) is 1.15. The Morgan fingerprint density at radius 3 is 2.36 bits per heavy atom. The van der Waals surface area contributed by atoms with Gasteiger partial charge in [-0.15, -0.1) is 0 Å². The molecule has 1 rings (SSSR count). The standard InChI is InChI=1S/C11H17FOSi/c1-13-8-9-5-6-10(7-11(9)12)14(2,3)4/h5-7H,8H2,1-4H3. The maximum Gasteiger partial charge on any atom is 0.128 e. The van der Waals surface area contributed by atoms with E-state index in [4.69, 9.17) is 4.74 Å². The third kappa shape index (κ3) is 2.66. The molecule has 0 aromatic heterocycles. The first kappa shape index (κ1) is 11.4. The summed E-state index contributed by atoms with van der Waals surface area (Å²) >= 11 is 0. The maximum absolute atomic E-state index is 13.5. The van der Waals surface area contributed by atoms with Crippen LogP contribution in [0, 0.1) is 5.82 Å². The lowest BCUT2D eigenvalue weighted by Crippen LogP contribution is -2.37. The van der Waals surface area contributed by atoms with Crippen LogP contribution in [0.3, 0.4) is 0 Å². The van der Waals surface area contributed by atoms with E-state index < -0.39 is 8.07 Å². The van der Waals surface area contributed by atoms with Crippen LogP contribution in [0.5, 0.6) is 0 Å². The van der Waals surface area contributed by atoms with Gasteiger partial charge in [0.2, 0.25) is 0 Å². The Labute approximate surface area is 85.9 Å². The van der Waals surface area contributed by atoms with Crippen molar-refractivity contribution in [1.29, 1.82) is 0 Å². The predicted molar refractivity (Wildman–Crippen MR) is 60.1 cm³/mol. The van der Waals surface area contributed by atoms with Crippen molar-refractivity contribution >= 4 is 13.3 Å². The molecule has 0 unspecified atom stereocenters. The lowest BCUT2D eigenvalue weighted by molar-refractivity contribution is 0.181. The number of rotatable bonds is 3. The minimum absolute atomic E-state index is 0.147. The number of hydrogen-bond donors (Lipinski definition) is 0. The highest BCUT2D eigenvalue weighted by molar-refractivity contribution is 6.88. The summed E-state index contributed by atoms with van der Waals surface area (Å²) in [7, 11) is 0.184. The molecule has 1 aromatic carbocycles. The number of methoxy groups -OCH3 is 1. The highest BCUT2D eigenvalue weighted by Crippen LogP contribution is 2.10. The van der Waals surface area contributed by atoms with Gasteiger partial charge in [-0.3, -0.25) is 0 Å². The molecule has 0 aliphatic heterocycles. The highest BCUT2D eigenvalue weighted by atomic mass is 28.3. The molecular formula is C11H17FOSi. The van der Waals surface area contributed by atoms with E-state index in [-0.39, 0.29) is 5.82 Å². The van der Waals surface area contributed by atoms with E-state index >= 15 is 0 Å². The predicted octanol–water partition coefficient (Wildman–Crippen LogP) is 2.52. The van der Waals surface area contributed by atoms with Crippen LogP contribution in [0.25, 0.3) is 0 Å². The molecule has 0 saturated heterocycles. The van der Waals surface area contributed by atoms with Crippen LogP contribution in [0.2, 0.25) is 19.6 Å². The Balaban J connectivity index is 3.01. The SMILES string of the molecule is COCc1ccc([Si](C)(C)C)cc1F. The van der Waals surface area contributed by atoms with E-state index in [1.54, 1.807) is 13.2 Å². The molecular weight excluding hydrogens is 195 g/mol. The molecule has 3 heteroatoms. The van der Waals surface area contributed by atoms with Crippen molar-refractivity contribution in [3.63, 3.8) is 0 Å². The van der Waals surface area contributed by atoms with Gasteiger partial charge in [0.15, 0.2) is 0 Å². The van der Waals surface area contributed by atoms with E-state index in [1.165, 1.54) is 0 Å². The number of benzene rings is 1. The van der Waals surface area contributed by atoms with Gasteiger partial charge in [0.05, 0.1) is 14.7 Å². The Kier molecular flexibility index (Phi) is 3.45. The van der Waals surface area contributed by atoms with Crippen LogP contribution in [-0.2, 0) is 11.3 Å². The van der Waals surface area contributed by atoms with Gasteiger partial charge in [0, 0.05) is 12.7 Å². The average Bonchev–Trinajstić information content (AvgIpc) is 2.07. The van der Waals surface area contributed by atoms with Gasteiger partial charge >= 0.3 is 0 Å². The minimum atomic E-state index is -1.39. The third-order valence-electron chi connectivity index (χ3n) is 2.22. The molecule has 0 spiro atoms. The minimum Gasteiger partial charge on any atom is -0.380 e. The van der Waals surface area contributed by atoms with Crippen molar-refractivity contribution < 1.29 is 9.13 Å². The molecule has 0 saturated carbocycles. The molecule has 0 atom stereocenters. The topological polar surface area (TPSA) is 9.23 Å². The molecule has 0 radical (unpaired) electrons. The third-order valence-corrected chi connectivity index (χ3v) is 4.26. The molecule has 1 nitrogen and oxygen atoms in total. The van der Waals surface area contributed by atoms with Crippen LogP contribution >= 0.6 is 0 Å². The van der Waals surface area contributed by atoms with E-state index in [9.17, 15) is 4.39 Å². The van der Waals surface area contributed by atoms with Crippen LogP contribution < -0.4 is 5.19 Å². The van der Waals surface area contributed by atoms with Crippen LogP contribution in [0.1, 0.15) is 5.56 Å². The van der Waals surface area contributed by atoms with E-state index in [2.05, 4.69) is 19.6 Å². The molecule has 78 valence electrons. The summed E-state index contributed by atoms with van der Waals surface area (Å²) in [5.41, 5.74) is 0.634. The fraction of sp³-hybridized carbons (Fsp3) is 0.455. The number of ether oxygens (including phenoxy) is 1. The molecule has 0 heterocycles. The summed E-state index contributed by atoms with van der Waals surface area (Å²) in [4.78, 5) is 0. The fourth-order valence-electron chi connectivity index (χ4n) is 1.29. The van der Waals surface area contributed by atoms with Crippen molar-refractivity contribution in [2.45, 2.75) is 26.2 Å². The van der Waals surface area contributed by atoms with Gasteiger partial charge in [0.1, 0.15) is 5.82 Å². The molecule has 0 bridgehead atoms. The van der Waals surface area contributed by atoms with Gasteiger partial charge in [-0.1, -0.05) is 37.0 Å². The highest BCUT2D eigenvalue weighted by Gasteiger charge is 2.17. The Hall–Kier alpha value is -0.673. The monoisotopic (exact) mass is 212 g/mol. The summed E-state index contributed by atoms with van der Waals surface area (Å²) in [6, 6.07) is 5.50. The Morgan fingerprint density at radius 1 is 1.29 bits per heavy atom. The van der Waals surface area contributed by atoms with Crippen LogP contribution in [0.15, 0.2) is 18.2 Å². The van der Waals surface area contributed by atoms with Crippen molar-refractivity contribution in [2.24, 2.45) is 0 Å². The first-order valence-corrected chi connectivity index (χ1v) is 8.23. The Morgan fingerprint density at radius 2 is 1.93 bits per heavy atom. The average molecular weight is 212 g/mol. The zero-order valence-electron chi connectivity index (χ0n) is 9.23. The van der Waals surface area contributed by atoms with Crippen molar-refractivity contribution in [1.82, 2.24) is 0 Å².